The van der Waals surface area contributed by atoms with Crippen LogP contribution in [0.15, 0.2) is 35.1 Å². The van der Waals surface area contributed by atoms with Crippen molar-refractivity contribution in [2.75, 3.05) is 0 Å². The molecule has 0 bridgehead atoms. The molecule has 2 N–H and O–H groups in total. The molecule has 2 aromatic rings. The van der Waals surface area contributed by atoms with Gasteiger partial charge in [0.15, 0.2) is 0 Å². The van der Waals surface area contributed by atoms with Gasteiger partial charge >= 0.3 is 0 Å². The first-order valence-electron chi connectivity index (χ1n) is 7.93. The lowest BCUT2D eigenvalue weighted by Gasteiger charge is -2.20. The van der Waals surface area contributed by atoms with Gasteiger partial charge in [-0.2, -0.15) is 0 Å². The first-order valence-corrected chi connectivity index (χ1v) is 7.93. The third-order valence-corrected chi connectivity index (χ3v) is 4.24. The summed E-state index contributed by atoms with van der Waals surface area (Å²) in [6.45, 7) is 11.0. The van der Waals surface area contributed by atoms with Crippen molar-refractivity contribution in [1.82, 2.24) is 4.57 Å². The summed E-state index contributed by atoms with van der Waals surface area (Å²) in [4.78, 5) is 12.8. The predicted molar refractivity (Wildman–Crippen MR) is 92.4 cm³/mol. The van der Waals surface area contributed by atoms with Crippen molar-refractivity contribution in [2.45, 2.75) is 53.1 Å². The zero-order chi connectivity index (χ0) is 16.4. The minimum absolute atomic E-state index is 0.0289. The summed E-state index contributed by atoms with van der Waals surface area (Å²) in [6.07, 6.45) is 0. The van der Waals surface area contributed by atoms with Gasteiger partial charge < -0.3 is 10.3 Å². The van der Waals surface area contributed by atoms with E-state index in [0.717, 1.165) is 16.8 Å². The quantitative estimate of drug-likeness (QED) is 0.936. The Morgan fingerprint density at radius 2 is 1.73 bits per heavy atom. The van der Waals surface area contributed by atoms with Crippen LogP contribution in [0.1, 0.15) is 60.7 Å². The maximum absolute atomic E-state index is 12.8. The van der Waals surface area contributed by atoms with E-state index in [9.17, 15) is 4.79 Å². The first-order chi connectivity index (χ1) is 10.4. The fourth-order valence-electron chi connectivity index (χ4n) is 3.02. The van der Waals surface area contributed by atoms with Crippen molar-refractivity contribution in [3.63, 3.8) is 0 Å². The lowest BCUT2D eigenvalue weighted by Crippen LogP contribution is -2.31. The summed E-state index contributed by atoms with van der Waals surface area (Å²) in [5, 5.41) is 0. The van der Waals surface area contributed by atoms with Gasteiger partial charge in [-0.05, 0) is 49.9 Å². The lowest BCUT2D eigenvalue weighted by molar-refractivity contribution is 0.626. The third-order valence-electron chi connectivity index (χ3n) is 4.24. The fourth-order valence-corrected chi connectivity index (χ4v) is 3.02. The number of aromatic nitrogens is 1. The van der Waals surface area contributed by atoms with Crippen LogP contribution in [0.5, 0.6) is 0 Å². The Hall–Kier alpha value is -1.87. The molecule has 0 fully saturated rings. The smallest absolute Gasteiger partial charge is 0.255 e. The number of benzene rings is 1. The van der Waals surface area contributed by atoms with Crippen LogP contribution < -0.4 is 11.3 Å². The first kappa shape index (κ1) is 16.5. The molecule has 22 heavy (non-hydrogen) atoms. The molecule has 0 aliphatic rings. The van der Waals surface area contributed by atoms with Gasteiger partial charge in [-0.1, -0.05) is 37.6 Å². The van der Waals surface area contributed by atoms with E-state index in [1.165, 1.54) is 5.56 Å². The number of aryl methyl sites for hydroxylation is 2. The Labute approximate surface area is 132 Å². The molecule has 118 valence electrons. The number of rotatable bonds is 4. The molecular formula is C19H26N2O. The molecule has 3 nitrogen and oxygen atoms in total. The van der Waals surface area contributed by atoms with Crippen molar-refractivity contribution >= 4 is 0 Å². The number of hydrogen-bond acceptors (Lipinski definition) is 2. The predicted octanol–water partition coefficient (Wildman–Crippen LogP) is 3.66. The van der Waals surface area contributed by atoms with E-state index in [-0.39, 0.29) is 11.6 Å². The highest BCUT2D eigenvalue weighted by atomic mass is 16.1. The molecule has 1 aromatic carbocycles. The maximum Gasteiger partial charge on any atom is 0.255 e. The Morgan fingerprint density at radius 1 is 1.09 bits per heavy atom. The lowest BCUT2D eigenvalue weighted by atomic mass is 9.94. The number of pyridine rings is 1. The van der Waals surface area contributed by atoms with E-state index in [2.05, 4.69) is 26.8 Å². The van der Waals surface area contributed by atoms with Gasteiger partial charge in [-0.25, -0.2) is 0 Å². The molecule has 1 aromatic heterocycles. The molecule has 1 unspecified atom stereocenters. The maximum atomic E-state index is 12.8. The van der Waals surface area contributed by atoms with E-state index in [1.54, 1.807) is 0 Å². The highest BCUT2D eigenvalue weighted by Crippen LogP contribution is 2.23. The van der Waals surface area contributed by atoms with Gasteiger partial charge in [0.1, 0.15) is 0 Å². The average molecular weight is 298 g/mol. The van der Waals surface area contributed by atoms with Crippen molar-refractivity contribution in [1.29, 1.82) is 0 Å². The van der Waals surface area contributed by atoms with Crippen molar-refractivity contribution < 1.29 is 0 Å². The topological polar surface area (TPSA) is 48.0 Å². The van der Waals surface area contributed by atoms with Gasteiger partial charge in [0.05, 0.1) is 6.04 Å². The number of hydrogen-bond donors (Lipinski definition) is 1. The van der Waals surface area contributed by atoms with Crippen molar-refractivity contribution in [2.24, 2.45) is 5.73 Å². The fraction of sp³-hybridized carbons (Fsp3) is 0.421. The van der Waals surface area contributed by atoms with Gasteiger partial charge in [0, 0.05) is 17.8 Å². The molecule has 0 amide bonds. The zero-order valence-electron chi connectivity index (χ0n) is 14.2. The molecule has 2 rings (SSSR count). The highest BCUT2D eigenvalue weighted by molar-refractivity contribution is 5.38. The van der Waals surface area contributed by atoms with E-state index in [1.807, 2.05) is 42.7 Å². The molecule has 0 saturated carbocycles. The van der Waals surface area contributed by atoms with Crippen LogP contribution in [0, 0.1) is 13.8 Å². The van der Waals surface area contributed by atoms with Crippen LogP contribution in [-0.2, 0) is 6.54 Å². The zero-order valence-corrected chi connectivity index (χ0v) is 14.2. The summed E-state index contributed by atoms with van der Waals surface area (Å²) < 4.78 is 1.84. The SMILES string of the molecule is CCn1c(C(C)C)ccc(C(N)c2ccc(C)cc2C)c1=O. The summed E-state index contributed by atoms with van der Waals surface area (Å²) in [7, 11) is 0. The second kappa shape index (κ2) is 6.49. The van der Waals surface area contributed by atoms with Crippen LogP contribution in [0.4, 0.5) is 0 Å². The van der Waals surface area contributed by atoms with E-state index in [4.69, 9.17) is 5.73 Å². The average Bonchev–Trinajstić information content (AvgIpc) is 2.46. The molecular weight excluding hydrogens is 272 g/mol. The van der Waals surface area contributed by atoms with Gasteiger partial charge in [-0.3, -0.25) is 4.79 Å². The van der Waals surface area contributed by atoms with Crippen LogP contribution in [0.3, 0.4) is 0 Å². The highest BCUT2D eigenvalue weighted by Gasteiger charge is 2.18. The molecule has 0 aliphatic carbocycles. The largest absolute Gasteiger partial charge is 0.320 e. The van der Waals surface area contributed by atoms with Crippen LogP contribution in [0.2, 0.25) is 0 Å². The molecule has 0 aliphatic heterocycles. The van der Waals surface area contributed by atoms with Gasteiger partial charge in [0.2, 0.25) is 0 Å². The standard InChI is InChI=1S/C19H26N2O/c1-6-21-17(12(2)3)10-9-16(19(21)22)18(20)15-8-7-13(4)11-14(15)5/h7-12,18H,6,20H2,1-5H3. The monoisotopic (exact) mass is 298 g/mol. The summed E-state index contributed by atoms with van der Waals surface area (Å²) >= 11 is 0. The van der Waals surface area contributed by atoms with Crippen LogP contribution in [0.25, 0.3) is 0 Å². The molecule has 0 saturated heterocycles. The number of nitrogens with two attached hydrogens (primary N) is 1. The van der Waals surface area contributed by atoms with Crippen LogP contribution in [-0.4, -0.2) is 4.57 Å². The summed E-state index contributed by atoms with van der Waals surface area (Å²) in [5.41, 5.74) is 11.5. The molecule has 0 radical (unpaired) electrons. The van der Waals surface area contributed by atoms with E-state index in [0.29, 0.717) is 18.0 Å². The second-order valence-electron chi connectivity index (χ2n) is 6.26. The normalized spacial score (nSPS) is 12.7. The molecule has 1 atom stereocenters. The molecule has 3 heteroatoms. The Balaban J connectivity index is 2.55. The van der Waals surface area contributed by atoms with E-state index >= 15 is 0 Å². The Morgan fingerprint density at radius 3 is 2.27 bits per heavy atom. The van der Waals surface area contributed by atoms with Crippen molar-refractivity contribution in [3.8, 4) is 0 Å². The minimum Gasteiger partial charge on any atom is -0.320 e. The molecule has 0 spiro atoms. The number of nitrogens with zero attached hydrogens (tertiary/aromatic N) is 1. The third kappa shape index (κ3) is 3.00. The second-order valence-corrected chi connectivity index (χ2v) is 6.26. The summed E-state index contributed by atoms with van der Waals surface area (Å²) in [5.74, 6) is 0.319. The minimum atomic E-state index is -0.382. The summed E-state index contributed by atoms with van der Waals surface area (Å²) in [6, 6.07) is 9.73. The molecule has 1 heterocycles. The van der Waals surface area contributed by atoms with Gasteiger partial charge in [-0.15, -0.1) is 0 Å². The Kier molecular flexibility index (Phi) is 4.87. The van der Waals surface area contributed by atoms with Gasteiger partial charge in [0.25, 0.3) is 5.56 Å². The van der Waals surface area contributed by atoms with Crippen molar-refractivity contribution in [3.05, 3.63) is 68.6 Å². The Bertz CT molecular complexity index is 729. The van der Waals surface area contributed by atoms with Crippen LogP contribution >= 0.6 is 0 Å². The van der Waals surface area contributed by atoms with E-state index < -0.39 is 0 Å².